The molecule has 0 spiro atoms. The smallest absolute Gasteiger partial charge is 0.323 e. The van der Waals surface area contributed by atoms with Gasteiger partial charge in [0, 0.05) is 11.1 Å². The van der Waals surface area contributed by atoms with E-state index in [1.807, 2.05) is 42.5 Å². The molecular formula is C21H23ClN2O5. The molecule has 0 fully saturated rings. The second-order valence-electron chi connectivity index (χ2n) is 6.80. The number of hydrogen-bond donors (Lipinski definition) is 4. The number of hydrogen-bond acceptors (Lipinski definition) is 3. The van der Waals surface area contributed by atoms with E-state index in [0.29, 0.717) is 11.4 Å². The molecule has 4 N–H and O–H groups in total. The van der Waals surface area contributed by atoms with Crippen molar-refractivity contribution < 1.29 is 24.6 Å². The number of aliphatic carboxylic acids is 2. The minimum absolute atomic E-state index is 0.214. The maximum absolute atomic E-state index is 11.9. The lowest BCUT2D eigenvalue weighted by atomic mass is 9.95. The fourth-order valence-corrected chi connectivity index (χ4v) is 3.09. The summed E-state index contributed by atoms with van der Waals surface area (Å²) < 4.78 is 0. The molecule has 0 aliphatic rings. The molecule has 0 heterocycles. The average molecular weight is 419 g/mol. The molecule has 2 atom stereocenters. The Morgan fingerprint density at radius 1 is 1.03 bits per heavy atom. The van der Waals surface area contributed by atoms with Crippen LogP contribution >= 0.6 is 11.6 Å². The number of carboxylic acids is 2. The second-order valence-corrected chi connectivity index (χ2v) is 7.24. The van der Waals surface area contributed by atoms with Crippen molar-refractivity contribution in [2.45, 2.75) is 25.8 Å². The van der Waals surface area contributed by atoms with Crippen molar-refractivity contribution in [2.24, 2.45) is 5.92 Å². The molecule has 0 saturated carbocycles. The van der Waals surface area contributed by atoms with Crippen LogP contribution in [0.1, 0.15) is 18.9 Å². The van der Waals surface area contributed by atoms with Crippen LogP contribution in [0.4, 0.5) is 4.79 Å². The number of nitrogens with one attached hydrogen (secondary N) is 2. The first-order valence-electron chi connectivity index (χ1n) is 9.08. The van der Waals surface area contributed by atoms with Crippen molar-refractivity contribution in [3.63, 3.8) is 0 Å². The highest BCUT2D eigenvalue weighted by Gasteiger charge is 2.20. The van der Waals surface area contributed by atoms with Gasteiger partial charge in [0.2, 0.25) is 0 Å². The number of carbonyl (C=O) groups excluding carboxylic acids is 1. The van der Waals surface area contributed by atoms with Gasteiger partial charge in [0.1, 0.15) is 6.54 Å². The van der Waals surface area contributed by atoms with Gasteiger partial charge in [-0.25, -0.2) is 4.79 Å². The van der Waals surface area contributed by atoms with Gasteiger partial charge < -0.3 is 20.8 Å². The maximum Gasteiger partial charge on any atom is 0.323 e. The highest BCUT2D eigenvalue weighted by molar-refractivity contribution is 6.30. The Morgan fingerprint density at radius 3 is 2.31 bits per heavy atom. The molecule has 2 aromatic rings. The van der Waals surface area contributed by atoms with Crippen molar-refractivity contribution in [3.05, 3.63) is 59.1 Å². The van der Waals surface area contributed by atoms with E-state index in [2.05, 4.69) is 10.6 Å². The van der Waals surface area contributed by atoms with E-state index in [1.165, 1.54) is 0 Å². The van der Waals surface area contributed by atoms with E-state index in [1.54, 1.807) is 13.0 Å². The Balaban J connectivity index is 2.09. The number of amides is 2. The molecule has 29 heavy (non-hydrogen) atoms. The predicted molar refractivity (Wildman–Crippen MR) is 110 cm³/mol. The molecule has 0 radical (unpaired) electrons. The third-order valence-electron chi connectivity index (χ3n) is 4.39. The van der Waals surface area contributed by atoms with Crippen LogP contribution in [0.15, 0.2) is 48.5 Å². The molecule has 1 unspecified atom stereocenters. The van der Waals surface area contributed by atoms with Gasteiger partial charge in [0.05, 0.1) is 5.92 Å². The molecule has 2 amide bonds. The van der Waals surface area contributed by atoms with Crippen LogP contribution in [0, 0.1) is 5.92 Å². The van der Waals surface area contributed by atoms with E-state index in [-0.39, 0.29) is 6.42 Å². The number of carbonyl (C=O) groups is 3. The van der Waals surface area contributed by atoms with Crippen molar-refractivity contribution >= 4 is 29.6 Å². The van der Waals surface area contributed by atoms with Crippen LogP contribution in [0.25, 0.3) is 11.1 Å². The van der Waals surface area contributed by atoms with E-state index >= 15 is 0 Å². The molecule has 0 bridgehead atoms. The van der Waals surface area contributed by atoms with Gasteiger partial charge >= 0.3 is 18.0 Å². The first-order chi connectivity index (χ1) is 13.7. The minimum Gasteiger partial charge on any atom is -0.481 e. The van der Waals surface area contributed by atoms with Crippen LogP contribution in [0.2, 0.25) is 5.02 Å². The first-order valence-corrected chi connectivity index (χ1v) is 9.46. The van der Waals surface area contributed by atoms with Gasteiger partial charge in [0.15, 0.2) is 0 Å². The zero-order valence-electron chi connectivity index (χ0n) is 15.9. The second kappa shape index (κ2) is 10.5. The lowest BCUT2D eigenvalue weighted by Crippen LogP contribution is -2.45. The average Bonchev–Trinajstić information content (AvgIpc) is 2.66. The Kier molecular flexibility index (Phi) is 8.03. The van der Waals surface area contributed by atoms with Crippen molar-refractivity contribution in [1.82, 2.24) is 10.6 Å². The Bertz CT molecular complexity index is 870. The first kappa shape index (κ1) is 22.2. The molecule has 0 saturated heterocycles. The summed E-state index contributed by atoms with van der Waals surface area (Å²) >= 11 is 6.03. The van der Waals surface area contributed by atoms with Gasteiger partial charge in [0.25, 0.3) is 0 Å². The number of benzene rings is 2. The fourth-order valence-electron chi connectivity index (χ4n) is 2.90. The molecular weight excluding hydrogens is 396 g/mol. The van der Waals surface area contributed by atoms with E-state index < -0.39 is 36.5 Å². The standard InChI is InChI=1S/C21H23ClN2O5/c1-13(20(27)28)9-18(24-21(29)23-12-19(25)26)10-14-5-7-15(8-6-14)16-3-2-4-17(22)11-16/h2-8,11,13,18H,9-10,12H2,1H3,(H,25,26)(H,27,28)(H2,23,24,29)/t13-,18?/m1/s1. The summed E-state index contributed by atoms with van der Waals surface area (Å²) in [4.78, 5) is 33.7. The minimum atomic E-state index is -1.16. The normalized spacial score (nSPS) is 12.6. The van der Waals surface area contributed by atoms with Crippen LogP contribution < -0.4 is 10.6 Å². The lowest BCUT2D eigenvalue weighted by molar-refractivity contribution is -0.141. The zero-order valence-corrected chi connectivity index (χ0v) is 16.6. The van der Waals surface area contributed by atoms with E-state index in [9.17, 15) is 19.5 Å². The van der Waals surface area contributed by atoms with Gasteiger partial charge in [-0.3, -0.25) is 9.59 Å². The van der Waals surface area contributed by atoms with Crippen LogP contribution in [0.3, 0.4) is 0 Å². The predicted octanol–water partition coefficient (Wildman–Crippen LogP) is 3.41. The Labute approximate surface area is 173 Å². The summed E-state index contributed by atoms with van der Waals surface area (Å²) in [6.07, 6.45) is 0.625. The number of halogens is 1. The van der Waals surface area contributed by atoms with Crippen molar-refractivity contribution in [1.29, 1.82) is 0 Å². The summed E-state index contributed by atoms with van der Waals surface area (Å²) in [6.45, 7) is 1.05. The molecule has 0 aromatic heterocycles. The number of carboxylic acid groups (broad SMARTS) is 2. The quantitative estimate of drug-likeness (QED) is 0.498. The highest BCUT2D eigenvalue weighted by Crippen LogP contribution is 2.23. The zero-order chi connectivity index (χ0) is 21.4. The largest absolute Gasteiger partial charge is 0.481 e. The molecule has 0 aliphatic heterocycles. The number of rotatable bonds is 9. The summed E-state index contributed by atoms with van der Waals surface area (Å²) in [7, 11) is 0. The molecule has 2 rings (SSSR count). The maximum atomic E-state index is 11.9. The van der Waals surface area contributed by atoms with E-state index in [0.717, 1.165) is 16.7 Å². The van der Waals surface area contributed by atoms with Gasteiger partial charge in [-0.15, -0.1) is 0 Å². The Hall–Kier alpha value is -3.06. The van der Waals surface area contributed by atoms with E-state index in [4.69, 9.17) is 16.7 Å². The van der Waals surface area contributed by atoms with Crippen molar-refractivity contribution in [2.75, 3.05) is 6.54 Å². The Morgan fingerprint density at radius 2 is 1.72 bits per heavy atom. The molecule has 8 heteroatoms. The topological polar surface area (TPSA) is 116 Å². The monoisotopic (exact) mass is 418 g/mol. The van der Waals surface area contributed by atoms with Crippen molar-refractivity contribution in [3.8, 4) is 11.1 Å². The molecule has 0 aliphatic carbocycles. The van der Waals surface area contributed by atoms with Gasteiger partial charge in [-0.05, 0) is 41.7 Å². The summed E-state index contributed by atoms with van der Waals surface area (Å²) in [6, 6.07) is 14.1. The van der Waals surface area contributed by atoms with Crippen LogP contribution in [-0.2, 0) is 16.0 Å². The van der Waals surface area contributed by atoms with Gasteiger partial charge in [-0.2, -0.15) is 0 Å². The summed E-state index contributed by atoms with van der Waals surface area (Å²) in [5, 5.41) is 23.4. The molecule has 2 aromatic carbocycles. The van der Waals surface area contributed by atoms with Crippen LogP contribution in [0.5, 0.6) is 0 Å². The molecule has 7 nitrogen and oxygen atoms in total. The fraction of sp³-hybridized carbons (Fsp3) is 0.286. The summed E-state index contributed by atoms with van der Waals surface area (Å²) in [5.41, 5.74) is 2.88. The molecule has 154 valence electrons. The third-order valence-corrected chi connectivity index (χ3v) is 4.62. The van der Waals surface area contributed by atoms with Gasteiger partial charge in [-0.1, -0.05) is 54.9 Å². The SMILES string of the molecule is C[C@H](CC(Cc1ccc(-c2cccc(Cl)c2)cc1)NC(=O)NCC(=O)O)C(=O)O. The third kappa shape index (κ3) is 7.46. The highest BCUT2D eigenvalue weighted by atomic mass is 35.5. The lowest BCUT2D eigenvalue weighted by Gasteiger charge is -2.21. The van der Waals surface area contributed by atoms with Crippen LogP contribution in [-0.4, -0.2) is 40.8 Å². The summed E-state index contributed by atoms with van der Waals surface area (Å²) in [5.74, 6) is -2.78. The number of urea groups is 1.